The molecular weight excluding hydrogens is 366 g/mol. The van der Waals surface area contributed by atoms with Crippen LogP contribution in [0.3, 0.4) is 0 Å². The lowest BCUT2D eigenvalue weighted by atomic mass is 10.2. The van der Waals surface area contributed by atoms with Gasteiger partial charge in [-0.2, -0.15) is 0 Å². The number of esters is 1. The normalized spacial score (nSPS) is 17.1. The maximum absolute atomic E-state index is 12.3. The molecule has 1 saturated heterocycles. The predicted molar refractivity (Wildman–Crippen MR) is 96.5 cm³/mol. The molecule has 0 aliphatic carbocycles. The van der Waals surface area contributed by atoms with Crippen LogP contribution in [0.15, 0.2) is 23.1 Å². The van der Waals surface area contributed by atoms with Crippen molar-refractivity contribution in [2.75, 3.05) is 13.7 Å². The molecule has 2 rings (SSSR count). The van der Waals surface area contributed by atoms with E-state index in [1.54, 1.807) is 24.3 Å². The zero-order chi connectivity index (χ0) is 18.6. The minimum atomic E-state index is -0.654. The SMILES string of the molecule is CC[C@H](C)Oc1ccc(/C=C2\SC(=O)N(CC(=O)OC)C2=O)cc1Cl. The van der Waals surface area contributed by atoms with Crippen LogP contribution >= 0.6 is 23.4 Å². The molecule has 1 heterocycles. The third kappa shape index (κ3) is 4.76. The van der Waals surface area contributed by atoms with Gasteiger partial charge in [0.25, 0.3) is 11.1 Å². The number of ether oxygens (including phenoxy) is 2. The average molecular weight is 384 g/mol. The second-order valence-corrected chi connectivity index (χ2v) is 6.77. The fraction of sp³-hybridized carbons (Fsp3) is 0.353. The quantitative estimate of drug-likeness (QED) is 0.550. The van der Waals surface area contributed by atoms with Crippen molar-refractivity contribution >= 4 is 46.6 Å². The van der Waals surface area contributed by atoms with E-state index in [0.29, 0.717) is 16.3 Å². The highest BCUT2D eigenvalue weighted by atomic mass is 35.5. The van der Waals surface area contributed by atoms with E-state index in [1.165, 1.54) is 7.11 Å². The topological polar surface area (TPSA) is 72.9 Å². The molecule has 6 nitrogen and oxygen atoms in total. The van der Waals surface area contributed by atoms with Crippen molar-refractivity contribution in [3.05, 3.63) is 33.7 Å². The second kappa shape index (κ2) is 8.40. The number of carbonyl (C=O) groups is 3. The minimum Gasteiger partial charge on any atom is -0.489 e. The third-order valence-corrected chi connectivity index (χ3v) is 4.75. The van der Waals surface area contributed by atoms with E-state index in [0.717, 1.165) is 23.1 Å². The molecule has 1 aromatic rings. The maximum Gasteiger partial charge on any atom is 0.325 e. The molecule has 1 aliphatic rings. The van der Waals surface area contributed by atoms with Gasteiger partial charge in [-0.3, -0.25) is 19.3 Å². The van der Waals surface area contributed by atoms with Crippen LogP contribution in [-0.2, 0) is 14.3 Å². The van der Waals surface area contributed by atoms with E-state index in [1.807, 2.05) is 13.8 Å². The Morgan fingerprint density at radius 2 is 2.12 bits per heavy atom. The molecule has 0 aromatic heterocycles. The fourth-order valence-corrected chi connectivity index (χ4v) is 3.06. The number of hydrogen-bond acceptors (Lipinski definition) is 6. The van der Waals surface area contributed by atoms with E-state index in [-0.39, 0.29) is 11.0 Å². The highest BCUT2D eigenvalue weighted by Gasteiger charge is 2.36. The van der Waals surface area contributed by atoms with Gasteiger partial charge in [-0.05, 0) is 48.9 Å². The number of amides is 2. The Morgan fingerprint density at radius 3 is 2.72 bits per heavy atom. The molecule has 0 unspecified atom stereocenters. The number of carbonyl (C=O) groups excluding carboxylic acids is 3. The summed E-state index contributed by atoms with van der Waals surface area (Å²) in [5.74, 6) is -0.624. The van der Waals surface area contributed by atoms with Gasteiger partial charge in [0.2, 0.25) is 0 Å². The molecule has 0 N–H and O–H groups in total. The third-order valence-electron chi connectivity index (χ3n) is 3.55. The van der Waals surface area contributed by atoms with Crippen molar-refractivity contribution in [1.29, 1.82) is 0 Å². The minimum absolute atomic E-state index is 0.0400. The molecule has 0 spiro atoms. The maximum atomic E-state index is 12.3. The number of rotatable bonds is 6. The lowest BCUT2D eigenvalue weighted by molar-refractivity contribution is -0.143. The van der Waals surface area contributed by atoms with Gasteiger partial charge < -0.3 is 9.47 Å². The van der Waals surface area contributed by atoms with Gasteiger partial charge in [0, 0.05) is 0 Å². The highest BCUT2D eigenvalue weighted by molar-refractivity contribution is 8.18. The molecule has 0 saturated carbocycles. The number of hydrogen-bond donors (Lipinski definition) is 0. The molecule has 0 radical (unpaired) electrons. The Labute approximate surface area is 155 Å². The van der Waals surface area contributed by atoms with Crippen molar-refractivity contribution in [2.45, 2.75) is 26.4 Å². The zero-order valence-electron chi connectivity index (χ0n) is 14.1. The molecular formula is C17H18ClNO5S. The van der Waals surface area contributed by atoms with Crippen LogP contribution in [0, 0.1) is 0 Å². The number of thioether (sulfide) groups is 1. The summed E-state index contributed by atoms with van der Waals surface area (Å²) in [4.78, 5) is 36.5. The number of imide groups is 1. The molecule has 1 aromatic carbocycles. The van der Waals surface area contributed by atoms with E-state index < -0.39 is 23.7 Å². The van der Waals surface area contributed by atoms with Crippen molar-refractivity contribution < 1.29 is 23.9 Å². The van der Waals surface area contributed by atoms with Crippen LogP contribution in [-0.4, -0.2) is 41.8 Å². The van der Waals surface area contributed by atoms with Gasteiger partial charge in [0.1, 0.15) is 12.3 Å². The van der Waals surface area contributed by atoms with Crippen molar-refractivity contribution in [2.24, 2.45) is 0 Å². The Balaban J connectivity index is 2.17. The molecule has 25 heavy (non-hydrogen) atoms. The lowest BCUT2D eigenvalue weighted by Crippen LogP contribution is -2.34. The first-order valence-corrected chi connectivity index (χ1v) is 8.83. The van der Waals surface area contributed by atoms with Gasteiger partial charge in [-0.25, -0.2) is 0 Å². The molecule has 134 valence electrons. The molecule has 1 aliphatic heterocycles. The van der Waals surface area contributed by atoms with Crippen LogP contribution in [0.2, 0.25) is 5.02 Å². The highest BCUT2D eigenvalue weighted by Crippen LogP contribution is 2.34. The van der Waals surface area contributed by atoms with Crippen molar-refractivity contribution in [3.63, 3.8) is 0 Å². The summed E-state index contributed by atoms with van der Waals surface area (Å²) in [6, 6.07) is 5.13. The van der Waals surface area contributed by atoms with Crippen molar-refractivity contribution in [1.82, 2.24) is 4.90 Å². The Hall–Kier alpha value is -1.99. The summed E-state index contributed by atoms with van der Waals surface area (Å²) < 4.78 is 10.2. The molecule has 1 fully saturated rings. The Morgan fingerprint density at radius 1 is 1.40 bits per heavy atom. The van der Waals surface area contributed by atoms with Crippen molar-refractivity contribution in [3.8, 4) is 5.75 Å². The largest absolute Gasteiger partial charge is 0.489 e. The monoisotopic (exact) mass is 383 g/mol. The molecule has 8 heteroatoms. The van der Waals surface area contributed by atoms with Crippen LogP contribution < -0.4 is 4.74 Å². The van der Waals surface area contributed by atoms with Gasteiger partial charge in [0.15, 0.2) is 0 Å². The smallest absolute Gasteiger partial charge is 0.325 e. The van der Waals surface area contributed by atoms with Crippen LogP contribution in [0.1, 0.15) is 25.8 Å². The second-order valence-electron chi connectivity index (χ2n) is 5.37. The van der Waals surface area contributed by atoms with Gasteiger partial charge in [-0.15, -0.1) is 0 Å². The van der Waals surface area contributed by atoms with Crippen LogP contribution in [0.25, 0.3) is 6.08 Å². The van der Waals surface area contributed by atoms with Gasteiger partial charge in [0.05, 0.1) is 23.1 Å². The number of halogens is 1. The van der Waals surface area contributed by atoms with Gasteiger partial charge >= 0.3 is 5.97 Å². The lowest BCUT2D eigenvalue weighted by Gasteiger charge is -2.14. The summed E-state index contributed by atoms with van der Waals surface area (Å²) >= 11 is 6.98. The average Bonchev–Trinajstić information content (AvgIpc) is 2.84. The number of methoxy groups -OCH3 is 1. The Bertz CT molecular complexity index is 734. The summed E-state index contributed by atoms with van der Waals surface area (Å²) in [7, 11) is 1.20. The zero-order valence-corrected chi connectivity index (χ0v) is 15.6. The van der Waals surface area contributed by atoms with E-state index in [2.05, 4.69) is 4.74 Å². The fourth-order valence-electron chi connectivity index (χ4n) is 1.98. The standard InChI is InChI=1S/C17H18ClNO5S/c1-4-10(2)24-13-6-5-11(7-12(13)18)8-14-16(21)19(17(22)25-14)9-15(20)23-3/h5-8,10H,4,9H2,1-3H3/b14-8-/t10-/m0/s1. The first-order valence-electron chi connectivity index (χ1n) is 7.64. The predicted octanol–water partition coefficient (Wildman–Crippen LogP) is 3.73. The first kappa shape index (κ1) is 19.3. The molecule has 1 atom stereocenters. The van der Waals surface area contributed by atoms with Gasteiger partial charge in [-0.1, -0.05) is 24.6 Å². The Kier molecular flexibility index (Phi) is 6.50. The number of benzene rings is 1. The summed E-state index contributed by atoms with van der Waals surface area (Å²) in [5, 5.41) is -0.0905. The number of nitrogens with zero attached hydrogens (tertiary/aromatic N) is 1. The van der Waals surface area contributed by atoms with E-state index in [4.69, 9.17) is 16.3 Å². The van der Waals surface area contributed by atoms with Crippen LogP contribution in [0.4, 0.5) is 4.79 Å². The summed E-state index contributed by atoms with van der Waals surface area (Å²) in [6.45, 7) is 3.56. The first-order chi connectivity index (χ1) is 11.8. The molecule has 0 bridgehead atoms. The molecule has 2 amide bonds. The summed E-state index contributed by atoms with van der Waals surface area (Å²) in [6.07, 6.45) is 2.45. The van der Waals surface area contributed by atoms with Crippen LogP contribution in [0.5, 0.6) is 5.75 Å². The summed E-state index contributed by atoms with van der Waals surface area (Å²) in [5.41, 5.74) is 0.657. The van der Waals surface area contributed by atoms with E-state index in [9.17, 15) is 14.4 Å². The van der Waals surface area contributed by atoms with E-state index >= 15 is 0 Å².